The van der Waals surface area contributed by atoms with E-state index in [0.29, 0.717) is 6.42 Å². The molecule has 0 saturated carbocycles. The predicted molar refractivity (Wildman–Crippen MR) is 44.2 cm³/mol. The zero-order chi connectivity index (χ0) is 8.29. The maximum Gasteiger partial charge on any atom is 0.163 e. The molecule has 3 rings (SSSR count). The number of fused-ring (bicyclic) bond motifs is 4. The Hall–Kier alpha value is -0.340. The van der Waals surface area contributed by atoms with E-state index in [-0.39, 0.29) is 23.4 Å². The quantitative estimate of drug-likeness (QED) is 0.533. The van der Waals surface area contributed by atoms with Crippen molar-refractivity contribution < 1.29 is 9.53 Å². The number of carbonyl (C=O) groups excluding carboxylic acids is 1. The van der Waals surface area contributed by atoms with Crippen molar-refractivity contribution in [2.75, 3.05) is 0 Å². The summed E-state index contributed by atoms with van der Waals surface area (Å²) in [4.78, 5) is 11.4. The lowest BCUT2D eigenvalue weighted by Crippen LogP contribution is -2.12. The normalized spacial score (nSPS) is 44.4. The Balaban J connectivity index is 2.12. The average Bonchev–Trinajstić information content (AvgIpc) is 2.64. The first-order valence-electron chi connectivity index (χ1n) is 4.34. The van der Waals surface area contributed by atoms with Gasteiger partial charge in [0.15, 0.2) is 5.78 Å². The zero-order valence-corrected chi connectivity index (χ0v) is 7.30. The summed E-state index contributed by atoms with van der Waals surface area (Å²) in [5, 5.41) is -0.0669. The second kappa shape index (κ2) is 2.12. The number of halogens is 1. The van der Waals surface area contributed by atoms with E-state index in [0.717, 1.165) is 24.0 Å². The van der Waals surface area contributed by atoms with Crippen molar-refractivity contribution in [1.29, 1.82) is 0 Å². The van der Waals surface area contributed by atoms with Crippen LogP contribution in [0.25, 0.3) is 0 Å². The van der Waals surface area contributed by atoms with E-state index in [1.807, 2.05) is 0 Å². The van der Waals surface area contributed by atoms with Gasteiger partial charge in [-0.05, 0) is 18.4 Å². The standard InChI is InChI=1S/C9H9ClO2/c10-4-3-5(11)9-7-2-1-6(12-7)8(4)9/h4,6-7H,1-3H2/t4?,6-,7+/m0/s1. The van der Waals surface area contributed by atoms with Crippen molar-refractivity contribution in [3.05, 3.63) is 11.1 Å². The van der Waals surface area contributed by atoms with E-state index in [1.54, 1.807) is 0 Å². The minimum Gasteiger partial charge on any atom is -0.366 e. The van der Waals surface area contributed by atoms with Crippen LogP contribution >= 0.6 is 11.6 Å². The molecule has 0 aromatic carbocycles. The maximum atomic E-state index is 11.4. The summed E-state index contributed by atoms with van der Waals surface area (Å²) in [6, 6.07) is 0. The molecular weight excluding hydrogens is 176 g/mol. The molecule has 2 nitrogen and oxygen atoms in total. The van der Waals surface area contributed by atoms with Gasteiger partial charge in [-0.1, -0.05) is 0 Å². The molecule has 0 N–H and O–H groups in total. The van der Waals surface area contributed by atoms with E-state index < -0.39 is 0 Å². The van der Waals surface area contributed by atoms with Gasteiger partial charge in [0.1, 0.15) is 0 Å². The van der Waals surface area contributed by atoms with Gasteiger partial charge in [0.05, 0.1) is 17.6 Å². The van der Waals surface area contributed by atoms with E-state index >= 15 is 0 Å². The van der Waals surface area contributed by atoms with Crippen LogP contribution in [-0.4, -0.2) is 23.4 Å². The minimum absolute atomic E-state index is 0.0669. The monoisotopic (exact) mass is 184 g/mol. The van der Waals surface area contributed by atoms with Crippen molar-refractivity contribution in [1.82, 2.24) is 0 Å². The number of carbonyl (C=O) groups is 1. The van der Waals surface area contributed by atoms with Gasteiger partial charge in [0.25, 0.3) is 0 Å². The molecule has 2 heterocycles. The Morgan fingerprint density at radius 1 is 1.33 bits per heavy atom. The number of rotatable bonds is 0. The Bertz CT molecular complexity index is 295. The Labute approximate surface area is 75.5 Å². The molecule has 3 aliphatic rings. The van der Waals surface area contributed by atoms with E-state index in [9.17, 15) is 4.79 Å². The zero-order valence-electron chi connectivity index (χ0n) is 6.55. The molecule has 1 saturated heterocycles. The molecule has 3 heteroatoms. The SMILES string of the molecule is O=C1CC(Cl)C2=C1[C@H]1CC[C@@H]2O1. The van der Waals surface area contributed by atoms with E-state index in [1.165, 1.54) is 0 Å². The highest BCUT2D eigenvalue weighted by Crippen LogP contribution is 2.47. The summed E-state index contributed by atoms with van der Waals surface area (Å²) < 4.78 is 5.60. The summed E-state index contributed by atoms with van der Waals surface area (Å²) in [6.07, 6.45) is 2.85. The van der Waals surface area contributed by atoms with E-state index in [2.05, 4.69) is 0 Å². The lowest BCUT2D eigenvalue weighted by Gasteiger charge is -2.10. The van der Waals surface area contributed by atoms with Crippen molar-refractivity contribution >= 4 is 17.4 Å². The van der Waals surface area contributed by atoms with Crippen molar-refractivity contribution in [3.8, 4) is 0 Å². The molecule has 1 unspecified atom stereocenters. The fourth-order valence-electron chi connectivity index (χ4n) is 2.53. The molecule has 0 amide bonds. The number of ether oxygens (including phenoxy) is 1. The van der Waals surface area contributed by atoms with Crippen LogP contribution in [0.3, 0.4) is 0 Å². The topological polar surface area (TPSA) is 26.3 Å². The molecule has 12 heavy (non-hydrogen) atoms. The van der Waals surface area contributed by atoms with Crippen molar-refractivity contribution in [3.63, 3.8) is 0 Å². The van der Waals surface area contributed by atoms with Crippen LogP contribution in [0.4, 0.5) is 0 Å². The van der Waals surface area contributed by atoms with Crippen LogP contribution in [0.2, 0.25) is 0 Å². The minimum atomic E-state index is -0.0669. The predicted octanol–water partition coefficient (Wildman–Crippen LogP) is 1.42. The molecule has 1 aliphatic carbocycles. The molecule has 1 fully saturated rings. The molecule has 0 aromatic rings. The fraction of sp³-hybridized carbons (Fsp3) is 0.667. The molecule has 0 spiro atoms. The van der Waals surface area contributed by atoms with Crippen LogP contribution in [0, 0.1) is 0 Å². The van der Waals surface area contributed by atoms with Gasteiger partial charge in [-0.25, -0.2) is 0 Å². The van der Waals surface area contributed by atoms with Crippen molar-refractivity contribution in [2.24, 2.45) is 0 Å². The van der Waals surface area contributed by atoms with Crippen molar-refractivity contribution in [2.45, 2.75) is 36.8 Å². The molecule has 2 aliphatic heterocycles. The second-order valence-corrected chi connectivity index (χ2v) is 4.18. The van der Waals surface area contributed by atoms with E-state index in [4.69, 9.17) is 16.3 Å². The second-order valence-electron chi connectivity index (χ2n) is 3.65. The highest BCUT2D eigenvalue weighted by molar-refractivity contribution is 6.26. The molecular formula is C9H9ClO2. The van der Waals surface area contributed by atoms with Gasteiger partial charge in [0.2, 0.25) is 0 Å². The Kier molecular flexibility index (Phi) is 1.25. The number of hydrogen-bond donors (Lipinski definition) is 0. The molecule has 0 radical (unpaired) electrons. The first-order chi connectivity index (χ1) is 5.77. The number of ketones is 1. The summed E-state index contributed by atoms with van der Waals surface area (Å²) in [5.41, 5.74) is 2.03. The largest absolute Gasteiger partial charge is 0.366 e. The average molecular weight is 185 g/mol. The third-order valence-corrected chi connectivity index (χ3v) is 3.39. The van der Waals surface area contributed by atoms with Gasteiger partial charge in [-0.15, -0.1) is 11.6 Å². The highest BCUT2D eigenvalue weighted by atomic mass is 35.5. The smallest absolute Gasteiger partial charge is 0.163 e. The Morgan fingerprint density at radius 3 is 2.83 bits per heavy atom. The summed E-state index contributed by atoms with van der Waals surface area (Å²) >= 11 is 6.04. The van der Waals surface area contributed by atoms with Crippen LogP contribution in [-0.2, 0) is 9.53 Å². The fourth-order valence-corrected chi connectivity index (χ4v) is 2.93. The third kappa shape index (κ3) is 0.679. The van der Waals surface area contributed by atoms with Crippen LogP contribution in [0.1, 0.15) is 19.3 Å². The molecule has 2 bridgehead atoms. The van der Waals surface area contributed by atoms with Gasteiger partial charge in [-0.2, -0.15) is 0 Å². The Morgan fingerprint density at radius 2 is 2.08 bits per heavy atom. The van der Waals surface area contributed by atoms with Gasteiger partial charge < -0.3 is 4.74 Å². The van der Waals surface area contributed by atoms with Crippen LogP contribution in [0.5, 0.6) is 0 Å². The molecule has 3 atom stereocenters. The van der Waals surface area contributed by atoms with Gasteiger partial charge in [-0.3, -0.25) is 4.79 Å². The number of hydrogen-bond acceptors (Lipinski definition) is 2. The first-order valence-corrected chi connectivity index (χ1v) is 4.77. The number of alkyl halides is 1. The van der Waals surface area contributed by atoms with Gasteiger partial charge >= 0.3 is 0 Å². The molecule has 64 valence electrons. The van der Waals surface area contributed by atoms with Crippen LogP contribution in [0.15, 0.2) is 11.1 Å². The summed E-state index contributed by atoms with van der Waals surface area (Å²) in [6.45, 7) is 0. The van der Waals surface area contributed by atoms with Gasteiger partial charge in [0, 0.05) is 12.0 Å². The summed E-state index contributed by atoms with van der Waals surface area (Å²) in [7, 11) is 0. The summed E-state index contributed by atoms with van der Waals surface area (Å²) in [5.74, 6) is 0.220. The highest BCUT2D eigenvalue weighted by Gasteiger charge is 2.49. The third-order valence-electron chi connectivity index (χ3n) is 3.00. The van der Waals surface area contributed by atoms with Crippen LogP contribution < -0.4 is 0 Å². The lowest BCUT2D eigenvalue weighted by molar-refractivity contribution is -0.115. The molecule has 0 aromatic heterocycles. The maximum absolute atomic E-state index is 11.4. The lowest BCUT2D eigenvalue weighted by atomic mass is 9.94. The first kappa shape index (κ1) is 7.10. The number of Topliss-reactive ketones (excluding diaryl/α,β-unsaturated/α-hetero) is 1.